The van der Waals surface area contributed by atoms with E-state index in [-0.39, 0.29) is 67.9 Å². The van der Waals surface area contributed by atoms with Gasteiger partial charge in [0.05, 0.1) is 0 Å². The summed E-state index contributed by atoms with van der Waals surface area (Å²) in [4.78, 5) is 0. The van der Waals surface area contributed by atoms with Gasteiger partial charge in [-0.3, -0.25) is 0 Å². The summed E-state index contributed by atoms with van der Waals surface area (Å²) in [5, 5.41) is 0. The average molecular weight is 136 g/mol. The van der Waals surface area contributed by atoms with Gasteiger partial charge >= 0.3 is 40.5 Å². The molecule has 0 aromatic rings. The van der Waals surface area contributed by atoms with Crippen LogP contribution in [0.5, 0.6) is 0 Å². The van der Waals surface area contributed by atoms with Gasteiger partial charge in [-0.15, -0.1) is 0 Å². The van der Waals surface area contributed by atoms with Gasteiger partial charge in [0, 0.05) is 0 Å². The standard InChI is InChI=1S/Na.5H2O.Si/h;5*1H2;/q+1;;;;;;+4/p-5. The van der Waals surface area contributed by atoms with E-state index in [9.17, 15) is 0 Å². The van der Waals surface area contributed by atoms with Crippen molar-refractivity contribution in [3.05, 3.63) is 0 Å². The van der Waals surface area contributed by atoms with Crippen LogP contribution in [0.1, 0.15) is 0 Å². The summed E-state index contributed by atoms with van der Waals surface area (Å²) < 4.78 is 0. The number of rotatable bonds is 0. The molecule has 40 valence electrons. The molecule has 0 saturated carbocycles. The van der Waals surface area contributed by atoms with Gasteiger partial charge in [0.2, 0.25) is 0 Å². The molecule has 0 aliphatic rings. The second kappa shape index (κ2) is 246. The summed E-state index contributed by atoms with van der Waals surface area (Å²) >= 11 is 0. The summed E-state index contributed by atoms with van der Waals surface area (Å²) in [6.07, 6.45) is 0. The first-order chi connectivity index (χ1) is 0. The average Bonchev–Trinajstić information content (AvgIpc) is 0. The molecule has 0 fully saturated rings. The fraction of sp³-hybridized carbons (Fsp3) is 0. The summed E-state index contributed by atoms with van der Waals surface area (Å²) in [5.41, 5.74) is 0. The third-order valence-electron chi connectivity index (χ3n) is 0. The van der Waals surface area contributed by atoms with Crippen LogP contribution < -0.4 is 29.6 Å². The zero-order valence-electron chi connectivity index (χ0n) is 3.74. The maximum atomic E-state index is 0. The summed E-state index contributed by atoms with van der Waals surface area (Å²) in [7, 11) is 0. The van der Waals surface area contributed by atoms with Crippen molar-refractivity contribution < 1.29 is 56.9 Å². The van der Waals surface area contributed by atoms with Crippen LogP contribution in [0.2, 0.25) is 0 Å². The van der Waals surface area contributed by atoms with E-state index in [1.165, 1.54) is 0 Å². The van der Waals surface area contributed by atoms with Gasteiger partial charge < -0.3 is 27.4 Å². The molecule has 0 aromatic heterocycles. The van der Waals surface area contributed by atoms with Gasteiger partial charge in [-0.2, -0.15) is 0 Å². The molecule has 0 unspecified atom stereocenters. The molecule has 0 radical (unpaired) electrons. The normalized spacial score (nSPS) is 0. The Balaban J connectivity index is 0. The quantitative estimate of drug-likeness (QED) is 0.309. The fourth-order valence-corrected chi connectivity index (χ4v) is 0. The van der Waals surface area contributed by atoms with Gasteiger partial charge in [-0.05, 0) is 0 Å². The molecule has 0 rings (SSSR count). The van der Waals surface area contributed by atoms with E-state index in [2.05, 4.69) is 0 Å². The van der Waals surface area contributed by atoms with Crippen molar-refractivity contribution in [3.8, 4) is 0 Å². The SMILES string of the molecule is [Na+].[OH-].[OH-].[OH-].[OH-].[OH-].[Si+4]. The van der Waals surface area contributed by atoms with E-state index in [0.717, 1.165) is 0 Å². The van der Waals surface area contributed by atoms with Crippen molar-refractivity contribution >= 4 is 11.0 Å². The Labute approximate surface area is 68.0 Å². The monoisotopic (exact) mass is 136 g/mol. The van der Waals surface area contributed by atoms with Gasteiger partial charge in [0.25, 0.3) is 0 Å². The largest absolute Gasteiger partial charge is 4.00 e. The van der Waals surface area contributed by atoms with Crippen LogP contribution in [0.3, 0.4) is 0 Å². The molecule has 0 bridgehead atoms. The molecular weight excluding hydrogens is 131 g/mol. The molecule has 7 heavy (non-hydrogen) atoms. The van der Waals surface area contributed by atoms with E-state index in [4.69, 9.17) is 0 Å². The van der Waals surface area contributed by atoms with Gasteiger partial charge in [0.1, 0.15) is 0 Å². The molecule has 0 saturated heterocycles. The second-order valence-corrected chi connectivity index (χ2v) is 0. The van der Waals surface area contributed by atoms with Gasteiger partial charge in [-0.25, -0.2) is 0 Å². The van der Waals surface area contributed by atoms with Gasteiger partial charge in [-0.1, -0.05) is 0 Å². The molecule has 5 nitrogen and oxygen atoms in total. The minimum atomic E-state index is 0. The van der Waals surface area contributed by atoms with Crippen molar-refractivity contribution in [1.82, 2.24) is 0 Å². The Morgan fingerprint density at radius 3 is 0.429 bits per heavy atom. The van der Waals surface area contributed by atoms with Crippen molar-refractivity contribution in [2.45, 2.75) is 0 Å². The molecular formula is H5NaO5Si. The first-order valence-corrected chi connectivity index (χ1v) is 0. The molecule has 0 heterocycles. The van der Waals surface area contributed by atoms with Crippen molar-refractivity contribution in [1.29, 1.82) is 0 Å². The summed E-state index contributed by atoms with van der Waals surface area (Å²) in [6.45, 7) is 0. The predicted molar refractivity (Wildman–Crippen MR) is 15.4 cm³/mol. The molecule has 7 heteroatoms. The Morgan fingerprint density at radius 1 is 0.429 bits per heavy atom. The Morgan fingerprint density at radius 2 is 0.429 bits per heavy atom. The third kappa shape index (κ3) is 171. The first kappa shape index (κ1) is 382. The molecule has 5 N–H and O–H groups in total. The van der Waals surface area contributed by atoms with E-state index < -0.39 is 0 Å². The minimum absolute atomic E-state index is 0. The Hall–Kier alpha value is 1.02. The summed E-state index contributed by atoms with van der Waals surface area (Å²) in [5.74, 6) is 0. The second-order valence-electron chi connectivity index (χ2n) is 0. The van der Waals surface area contributed by atoms with E-state index in [1.54, 1.807) is 0 Å². The van der Waals surface area contributed by atoms with Crippen LogP contribution in [0.25, 0.3) is 0 Å². The zero-order chi connectivity index (χ0) is 0. The first-order valence-electron chi connectivity index (χ1n) is 0. The van der Waals surface area contributed by atoms with Crippen LogP contribution in [0.15, 0.2) is 0 Å². The smallest absolute Gasteiger partial charge is 0.870 e. The molecule has 0 aliphatic carbocycles. The molecule has 0 aliphatic heterocycles. The van der Waals surface area contributed by atoms with Crippen molar-refractivity contribution in [2.75, 3.05) is 0 Å². The Bertz CT molecular complexity index is 8.04. The van der Waals surface area contributed by atoms with E-state index in [1.807, 2.05) is 0 Å². The van der Waals surface area contributed by atoms with Crippen LogP contribution in [0, 0.1) is 0 Å². The minimum Gasteiger partial charge on any atom is -0.870 e. The van der Waals surface area contributed by atoms with Crippen LogP contribution in [-0.2, 0) is 0 Å². The van der Waals surface area contributed by atoms with Crippen LogP contribution in [0.4, 0.5) is 0 Å². The molecule has 0 spiro atoms. The van der Waals surface area contributed by atoms with Crippen molar-refractivity contribution in [2.24, 2.45) is 0 Å². The number of hydrogen-bond acceptors (Lipinski definition) is 5. The van der Waals surface area contributed by atoms with Crippen molar-refractivity contribution in [3.63, 3.8) is 0 Å². The maximum absolute atomic E-state index is 0. The fourth-order valence-electron chi connectivity index (χ4n) is 0. The Kier molecular flexibility index (Phi) is 13400. The summed E-state index contributed by atoms with van der Waals surface area (Å²) in [6, 6.07) is 0. The molecule has 0 amide bonds. The zero-order valence-corrected chi connectivity index (χ0v) is 6.74. The molecule has 0 aromatic carbocycles. The number of hydrogen-bond donors (Lipinski definition) is 0. The predicted octanol–water partition coefficient (Wildman–Crippen LogP) is -4.26. The van der Waals surface area contributed by atoms with Gasteiger partial charge in [0.15, 0.2) is 0 Å². The topological polar surface area (TPSA) is 150 Å². The third-order valence-corrected chi connectivity index (χ3v) is 0. The molecule has 0 atom stereocenters. The maximum Gasteiger partial charge on any atom is 4.00 e. The van der Waals surface area contributed by atoms with E-state index in [0.29, 0.717) is 0 Å². The van der Waals surface area contributed by atoms with Crippen LogP contribution >= 0.6 is 0 Å². The van der Waals surface area contributed by atoms with E-state index >= 15 is 0 Å². The van der Waals surface area contributed by atoms with Crippen LogP contribution in [-0.4, -0.2) is 38.3 Å².